The predicted molar refractivity (Wildman–Crippen MR) is 300 cm³/mol. The topological polar surface area (TPSA) is 307 Å². The average molecular weight is 1400 g/mol. The Balaban J connectivity index is -0.0000000494. The molecule has 0 rings (SSSR count). The third kappa shape index (κ3) is 146. The molecule has 30 heteroatoms. The van der Waals surface area contributed by atoms with Gasteiger partial charge in [-0.2, -0.15) is 12.6 Å². The number of carbonyl (C=O) groups is 8. The van der Waals surface area contributed by atoms with Crippen LogP contribution in [0.4, 0.5) is 24.0 Å². The smallest absolute Gasteiger partial charge is 1.00 e. The Kier molecular flexibility index (Phi) is 102. The van der Waals surface area contributed by atoms with Gasteiger partial charge < -0.3 is 84.2 Å². The minimum atomic E-state index is -1.06. The van der Waals surface area contributed by atoms with Gasteiger partial charge in [-0.1, -0.05) is 51.0 Å². The van der Waals surface area contributed by atoms with Crippen LogP contribution >= 0.6 is 73.2 Å². The number of hydrogen-bond acceptors (Lipinski definition) is 21. The van der Waals surface area contributed by atoms with Gasteiger partial charge in [-0.05, 0) is 149 Å². The number of thiol groups is 1. The van der Waals surface area contributed by atoms with E-state index in [0.717, 1.165) is 61.5 Å². The minimum Gasteiger partial charge on any atom is -1.00 e. The van der Waals surface area contributed by atoms with Gasteiger partial charge in [-0.3, -0.25) is 9.59 Å². The van der Waals surface area contributed by atoms with Gasteiger partial charge in [-0.15, -0.1) is 17.0 Å². The second-order valence-corrected chi connectivity index (χ2v) is 21.5. The van der Waals surface area contributed by atoms with Crippen molar-refractivity contribution in [3.63, 3.8) is 0 Å². The van der Waals surface area contributed by atoms with Crippen LogP contribution in [0.1, 0.15) is 152 Å². The van der Waals surface area contributed by atoms with Crippen LogP contribution < -0.4 is 181 Å². The SMILES string of the molecule is Br.C.CC(=O)SCCCNC(=O)OC(C)(C)C.CC(=O)[S-].CC(C)(C)OC(=O)NCCCBr.CC(C)(C)OC(=O)NCCCS.CC(C)(C)OC(=O)OC(=O)OC(C)(C)C.CO.NCCCBr.O=CO[O-].[H-].[K+].[K+].[K+]. The molecule has 0 aromatic carbocycles. The Morgan fingerprint density at radius 1 is 0.622 bits per heavy atom. The van der Waals surface area contributed by atoms with Crippen molar-refractivity contribution in [2.75, 3.05) is 55.5 Å². The standard InChI is InChI=1S/C10H19NO3S.C10H18O5.C8H16BrNO2.C8H17NO2S.C3H8BrN.C2H4OS.CH2O3.CH4O.CH4.BrH.3K.H/c1-8(12)15-7-5-6-11-9(13)14-10(2,3)4;1-9(2,3)14-7(11)13-8(12)15-10(4,5)6;1-8(2,3)12-7(11)10-6-4-5-9;1-8(2,3)11-7(10)9-5-4-6-12;4-2-1-3-5;1-2(3)4;2-1-4-3;1-2;;;;;;/h5-7H2,1-4H3,(H,11,13);1-6H3;4-6H2,1-3H3,(H,10,11);12H,4-6H2,1-3H3,(H,9,10);1-3,5H2;1H3,(H,3,4);1,3H;2H,1H3;1H4;1H;;;;/q;;;;;;;;;;3*+1;-1/p-2. The van der Waals surface area contributed by atoms with Crippen LogP contribution in [0.25, 0.3) is 0 Å². The summed E-state index contributed by atoms with van der Waals surface area (Å²) < 4.78 is 28.9. The number of alkyl carbamates (subject to hydrolysis) is 3. The summed E-state index contributed by atoms with van der Waals surface area (Å²) in [7, 11) is 1.00. The minimum absolute atomic E-state index is 0. The van der Waals surface area contributed by atoms with Crippen molar-refractivity contribution in [3.8, 4) is 0 Å². The number of hydrogen-bond donors (Lipinski definition) is 6. The first-order chi connectivity index (χ1) is 31.3. The second kappa shape index (κ2) is 69.8. The van der Waals surface area contributed by atoms with Crippen LogP contribution in [-0.4, -0.2) is 136 Å². The second-order valence-electron chi connectivity index (χ2n) is 17.6. The molecule has 0 spiro atoms. The molecule has 0 heterocycles. The van der Waals surface area contributed by atoms with Gasteiger partial charge in [0.25, 0.3) is 6.47 Å². The largest absolute Gasteiger partial charge is 1.00 e. The molecule has 0 atom stereocenters. The summed E-state index contributed by atoms with van der Waals surface area (Å²) in [6.45, 7) is 31.8. The number of aliphatic hydroxyl groups is 1. The number of carbonyl (C=O) groups excluding carboxylic acids is 8. The first-order valence-corrected chi connectivity index (χ1v) is 25.5. The van der Waals surface area contributed by atoms with Gasteiger partial charge in [-0.25, -0.2) is 24.0 Å². The van der Waals surface area contributed by atoms with E-state index in [0.29, 0.717) is 19.6 Å². The summed E-state index contributed by atoms with van der Waals surface area (Å²) in [6, 6.07) is 0. The predicted octanol–water partition coefficient (Wildman–Crippen LogP) is 0.373. The Morgan fingerprint density at radius 3 is 1.07 bits per heavy atom. The molecule has 0 unspecified atom stereocenters. The third-order valence-corrected chi connectivity index (χ3v) is 6.94. The molecule has 0 aliphatic carbocycles. The molecule has 74 heavy (non-hydrogen) atoms. The first kappa shape index (κ1) is 108. The number of thioether (sulfide) groups is 1. The summed E-state index contributed by atoms with van der Waals surface area (Å²) in [5, 5.41) is 25.1. The zero-order chi connectivity index (χ0) is 56.5. The van der Waals surface area contributed by atoms with E-state index in [9.17, 15) is 33.6 Å². The van der Waals surface area contributed by atoms with E-state index in [1.54, 1.807) is 41.5 Å². The molecule has 6 N–H and O–H groups in total. The van der Waals surface area contributed by atoms with Crippen LogP contribution in [0.15, 0.2) is 0 Å². The van der Waals surface area contributed by atoms with Gasteiger partial charge in [0.2, 0.25) is 0 Å². The van der Waals surface area contributed by atoms with E-state index in [-0.39, 0.29) is 209 Å². The molecule has 0 saturated heterocycles. The number of nitrogens with one attached hydrogen (secondary N) is 3. The molecule has 0 radical (unpaired) electrons. The summed E-state index contributed by atoms with van der Waals surface area (Å²) in [5.74, 6) is 1.50. The maximum absolute atomic E-state index is 11.1. The summed E-state index contributed by atoms with van der Waals surface area (Å²) >= 11 is 15.8. The van der Waals surface area contributed by atoms with Crippen molar-refractivity contribution >= 4 is 133 Å². The van der Waals surface area contributed by atoms with Crippen molar-refractivity contribution in [1.29, 1.82) is 0 Å². The maximum atomic E-state index is 11.1. The van der Waals surface area contributed by atoms with Crippen LogP contribution in [0.3, 0.4) is 0 Å². The summed E-state index contributed by atoms with van der Waals surface area (Å²) in [5.41, 5.74) is 2.44. The zero-order valence-electron chi connectivity index (χ0n) is 48.5. The van der Waals surface area contributed by atoms with Gasteiger partial charge >= 0.3 is 185 Å². The number of ether oxygens (including phenoxy) is 6. The molecular formula is C44H92Br3K3N4O17S3. The van der Waals surface area contributed by atoms with E-state index in [4.69, 9.17) is 44.6 Å². The van der Waals surface area contributed by atoms with Gasteiger partial charge in [0.05, 0.1) is 0 Å². The van der Waals surface area contributed by atoms with Crippen LogP contribution in [0, 0.1) is 0 Å². The number of nitrogens with two attached hydrogens (primary N) is 1. The number of amides is 3. The molecule has 0 aromatic heterocycles. The number of halogens is 3. The molecule has 0 aliphatic heterocycles. The average Bonchev–Trinajstić information content (AvgIpc) is 3.13. The van der Waals surface area contributed by atoms with E-state index in [2.05, 4.69) is 82.7 Å². The van der Waals surface area contributed by atoms with Crippen LogP contribution in [0.5, 0.6) is 0 Å². The van der Waals surface area contributed by atoms with Crippen molar-refractivity contribution in [3.05, 3.63) is 0 Å². The van der Waals surface area contributed by atoms with E-state index < -0.39 is 46.4 Å². The zero-order valence-corrected chi connectivity index (χ0v) is 64.3. The molecule has 0 bridgehead atoms. The molecular weight excluding hydrogens is 1310 g/mol. The molecule has 0 saturated carbocycles. The van der Waals surface area contributed by atoms with E-state index in [1.807, 2.05) is 62.3 Å². The van der Waals surface area contributed by atoms with Crippen molar-refractivity contribution in [1.82, 2.24) is 16.0 Å². The first-order valence-electron chi connectivity index (χ1n) is 21.2. The van der Waals surface area contributed by atoms with Gasteiger partial charge in [0, 0.05) is 55.2 Å². The molecule has 0 aliphatic rings. The third-order valence-electron chi connectivity index (χ3n) is 4.60. The number of aliphatic hydroxyl groups excluding tert-OH is 1. The molecule has 3 amide bonds. The van der Waals surface area contributed by atoms with Crippen molar-refractivity contribution in [2.45, 2.75) is 179 Å². The Labute approximate surface area is 616 Å². The molecule has 21 nitrogen and oxygen atoms in total. The summed E-state index contributed by atoms with van der Waals surface area (Å²) in [6.07, 6.45) is 0.405. The Hall–Kier alpha value is 2.51. The van der Waals surface area contributed by atoms with Crippen molar-refractivity contribution in [2.24, 2.45) is 5.73 Å². The fourth-order valence-electron chi connectivity index (χ4n) is 2.63. The molecule has 0 aromatic rings. The van der Waals surface area contributed by atoms with Gasteiger partial charge in [0.15, 0.2) is 5.12 Å². The Morgan fingerprint density at radius 2 is 0.878 bits per heavy atom. The normalized spacial score (nSPS) is 9.46. The fraction of sp³-hybridized carbons (Fsp3) is 0.818. The van der Waals surface area contributed by atoms with Crippen LogP contribution in [0.2, 0.25) is 0 Å². The molecule has 0 fully saturated rings. The quantitative estimate of drug-likeness (QED) is 0.0124. The molecule has 432 valence electrons. The fourth-order valence-corrected chi connectivity index (χ4v) is 3.97. The van der Waals surface area contributed by atoms with E-state index >= 15 is 0 Å². The van der Waals surface area contributed by atoms with Crippen molar-refractivity contribution < 1.29 is 238 Å². The maximum Gasteiger partial charge on any atom is 1.00 e. The number of rotatable bonds is 13. The monoisotopic (exact) mass is 1400 g/mol. The van der Waals surface area contributed by atoms with Gasteiger partial charge in [0.1, 0.15) is 28.0 Å². The van der Waals surface area contributed by atoms with E-state index in [1.165, 1.54) is 25.6 Å². The van der Waals surface area contributed by atoms with Crippen LogP contribution in [-0.2, 0) is 60.3 Å². The summed E-state index contributed by atoms with van der Waals surface area (Å²) in [4.78, 5) is 86.2. The number of alkyl halides is 2. The Bertz CT molecular complexity index is 1290.